The molecule has 0 spiro atoms. The summed E-state index contributed by atoms with van der Waals surface area (Å²) in [7, 11) is -4.15. The number of anilines is 2. The number of ether oxygens (including phenoxy) is 1. The van der Waals surface area contributed by atoms with Gasteiger partial charge in [-0.15, -0.1) is 0 Å². The van der Waals surface area contributed by atoms with Crippen LogP contribution in [0.2, 0.25) is 5.02 Å². The van der Waals surface area contributed by atoms with Crippen molar-refractivity contribution in [3.63, 3.8) is 0 Å². The van der Waals surface area contributed by atoms with Crippen molar-refractivity contribution in [2.75, 3.05) is 10.0 Å². The van der Waals surface area contributed by atoms with E-state index in [-0.39, 0.29) is 27.1 Å². The number of sulfonamides is 1. The molecule has 1 atom stereocenters. The number of nitrogens with zero attached hydrogens (tertiary/aromatic N) is 1. The fourth-order valence-electron chi connectivity index (χ4n) is 2.47. The SMILES string of the molecule is Cc1c(Cl)cc(S(=O)(=O)Nc2ccc3c(c2)NC(=O)C(C)O3)cc1[N+](=O)[O-]. The number of carbonyl (C=O) groups is 1. The van der Waals surface area contributed by atoms with Gasteiger partial charge in [-0.2, -0.15) is 0 Å². The number of benzene rings is 2. The molecule has 1 aliphatic rings. The maximum atomic E-state index is 12.6. The van der Waals surface area contributed by atoms with E-state index in [2.05, 4.69) is 10.0 Å². The fourth-order valence-corrected chi connectivity index (χ4v) is 3.85. The smallest absolute Gasteiger partial charge is 0.275 e. The number of hydrogen-bond acceptors (Lipinski definition) is 6. The standard InChI is InChI=1S/C16H14ClN3O6S/c1-8-12(17)6-11(7-14(8)20(22)23)27(24,25)19-10-3-4-15-13(5-10)18-16(21)9(2)26-15/h3-7,9,19H,1-2H3,(H,18,21). The van der Waals surface area contributed by atoms with Gasteiger partial charge in [-0.3, -0.25) is 19.6 Å². The maximum Gasteiger partial charge on any atom is 0.275 e. The minimum Gasteiger partial charge on any atom is -0.479 e. The Hall–Kier alpha value is -2.85. The normalized spacial score (nSPS) is 16.1. The van der Waals surface area contributed by atoms with Crippen molar-refractivity contribution >= 4 is 44.6 Å². The summed E-state index contributed by atoms with van der Waals surface area (Å²) in [5, 5.41) is 13.7. The molecule has 0 radical (unpaired) electrons. The Bertz CT molecular complexity index is 1070. The Labute approximate surface area is 159 Å². The van der Waals surface area contributed by atoms with Crippen LogP contribution in [0.3, 0.4) is 0 Å². The molecule has 1 amide bonds. The van der Waals surface area contributed by atoms with Crippen molar-refractivity contribution in [2.45, 2.75) is 24.8 Å². The van der Waals surface area contributed by atoms with Gasteiger partial charge in [-0.05, 0) is 38.1 Å². The number of rotatable bonds is 4. The van der Waals surface area contributed by atoms with Gasteiger partial charge in [0.25, 0.3) is 21.6 Å². The monoisotopic (exact) mass is 411 g/mol. The molecule has 2 N–H and O–H groups in total. The molecule has 9 nitrogen and oxygen atoms in total. The quantitative estimate of drug-likeness (QED) is 0.587. The number of fused-ring (bicyclic) bond motifs is 1. The summed E-state index contributed by atoms with van der Waals surface area (Å²) >= 11 is 5.94. The molecule has 2 aromatic rings. The second kappa shape index (κ2) is 6.71. The summed E-state index contributed by atoms with van der Waals surface area (Å²) < 4.78 is 32.9. The van der Waals surface area contributed by atoms with E-state index in [1.807, 2.05) is 0 Å². The molecular formula is C16H14ClN3O6S. The number of nitro benzene ring substituents is 1. The zero-order chi connectivity index (χ0) is 19.9. The molecule has 3 rings (SSSR count). The van der Waals surface area contributed by atoms with Crippen molar-refractivity contribution in [2.24, 2.45) is 0 Å². The van der Waals surface area contributed by atoms with Gasteiger partial charge in [-0.25, -0.2) is 8.42 Å². The van der Waals surface area contributed by atoms with Gasteiger partial charge in [0.15, 0.2) is 6.10 Å². The second-order valence-corrected chi connectivity index (χ2v) is 7.96. The molecule has 0 aliphatic carbocycles. The molecule has 1 unspecified atom stereocenters. The third-order valence-corrected chi connectivity index (χ3v) is 5.71. The minimum atomic E-state index is -4.15. The van der Waals surface area contributed by atoms with Gasteiger partial charge in [0.2, 0.25) is 0 Å². The van der Waals surface area contributed by atoms with Crippen LogP contribution in [-0.4, -0.2) is 25.4 Å². The van der Waals surface area contributed by atoms with Crippen LogP contribution in [0.25, 0.3) is 0 Å². The van der Waals surface area contributed by atoms with Crippen LogP contribution < -0.4 is 14.8 Å². The number of nitro groups is 1. The van der Waals surface area contributed by atoms with Crippen LogP contribution in [0.1, 0.15) is 12.5 Å². The number of hydrogen-bond donors (Lipinski definition) is 2. The Kier molecular flexibility index (Phi) is 4.70. The zero-order valence-corrected chi connectivity index (χ0v) is 15.7. The van der Waals surface area contributed by atoms with E-state index in [1.54, 1.807) is 6.92 Å². The Morgan fingerprint density at radius 2 is 2.00 bits per heavy atom. The first-order valence-electron chi connectivity index (χ1n) is 7.67. The summed E-state index contributed by atoms with van der Waals surface area (Å²) in [5.74, 6) is 0.0440. The third-order valence-electron chi connectivity index (χ3n) is 3.96. The summed E-state index contributed by atoms with van der Waals surface area (Å²) in [6.07, 6.45) is -0.657. The second-order valence-electron chi connectivity index (χ2n) is 5.87. The number of amides is 1. The van der Waals surface area contributed by atoms with E-state index in [4.69, 9.17) is 16.3 Å². The highest BCUT2D eigenvalue weighted by Crippen LogP contribution is 2.34. The molecule has 2 aromatic carbocycles. The number of halogens is 1. The van der Waals surface area contributed by atoms with Crippen LogP contribution >= 0.6 is 11.6 Å². The lowest BCUT2D eigenvalue weighted by Crippen LogP contribution is -2.34. The van der Waals surface area contributed by atoms with Crippen molar-refractivity contribution in [1.29, 1.82) is 0 Å². The Balaban J connectivity index is 1.95. The highest BCUT2D eigenvalue weighted by molar-refractivity contribution is 7.92. The van der Waals surface area contributed by atoms with Crippen molar-refractivity contribution in [1.82, 2.24) is 0 Å². The molecule has 11 heteroatoms. The van der Waals surface area contributed by atoms with Crippen LogP contribution in [0, 0.1) is 17.0 Å². The summed E-state index contributed by atoms with van der Waals surface area (Å²) in [6.45, 7) is 3.01. The van der Waals surface area contributed by atoms with Crippen LogP contribution in [0.4, 0.5) is 17.1 Å². The molecule has 0 aromatic heterocycles. The first kappa shape index (κ1) is 18.9. The molecule has 0 saturated heterocycles. The molecule has 0 fully saturated rings. The summed E-state index contributed by atoms with van der Waals surface area (Å²) in [6, 6.07) is 6.42. The molecule has 0 bridgehead atoms. The Morgan fingerprint density at radius 1 is 1.30 bits per heavy atom. The third kappa shape index (κ3) is 3.67. The molecular weight excluding hydrogens is 398 g/mol. The van der Waals surface area contributed by atoms with E-state index in [0.717, 1.165) is 12.1 Å². The number of nitrogens with one attached hydrogen (secondary N) is 2. The number of carbonyl (C=O) groups excluding carboxylic acids is 1. The average Bonchev–Trinajstić information content (AvgIpc) is 2.57. The highest BCUT2D eigenvalue weighted by Gasteiger charge is 2.25. The zero-order valence-electron chi connectivity index (χ0n) is 14.1. The molecule has 142 valence electrons. The van der Waals surface area contributed by atoms with Crippen molar-refractivity contribution < 1.29 is 22.9 Å². The van der Waals surface area contributed by atoms with E-state index >= 15 is 0 Å². The summed E-state index contributed by atoms with van der Waals surface area (Å²) in [4.78, 5) is 21.7. The largest absolute Gasteiger partial charge is 0.479 e. The van der Waals surface area contributed by atoms with Gasteiger partial charge < -0.3 is 10.1 Å². The molecule has 0 saturated carbocycles. The van der Waals surface area contributed by atoms with Crippen molar-refractivity contribution in [3.8, 4) is 5.75 Å². The molecule has 1 aliphatic heterocycles. The first-order chi connectivity index (χ1) is 12.6. The van der Waals surface area contributed by atoms with E-state index in [1.165, 1.54) is 25.1 Å². The lowest BCUT2D eigenvalue weighted by atomic mass is 10.2. The predicted molar refractivity (Wildman–Crippen MR) is 98.8 cm³/mol. The van der Waals surface area contributed by atoms with Crippen LogP contribution in [0.15, 0.2) is 35.2 Å². The van der Waals surface area contributed by atoms with Crippen LogP contribution in [0.5, 0.6) is 5.75 Å². The minimum absolute atomic E-state index is 0.0373. The summed E-state index contributed by atoms with van der Waals surface area (Å²) in [5.41, 5.74) is 0.226. The molecule has 1 heterocycles. The first-order valence-corrected chi connectivity index (χ1v) is 9.53. The van der Waals surface area contributed by atoms with Gasteiger partial charge >= 0.3 is 0 Å². The predicted octanol–water partition coefficient (Wildman–Crippen LogP) is 3.08. The average molecular weight is 412 g/mol. The van der Waals surface area contributed by atoms with Gasteiger partial charge in [-0.1, -0.05) is 11.6 Å². The topological polar surface area (TPSA) is 128 Å². The molecule has 27 heavy (non-hydrogen) atoms. The van der Waals surface area contributed by atoms with Crippen molar-refractivity contribution in [3.05, 3.63) is 51.0 Å². The van der Waals surface area contributed by atoms with Gasteiger partial charge in [0.1, 0.15) is 5.75 Å². The van der Waals surface area contributed by atoms with E-state index in [0.29, 0.717) is 11.4 Å². The van der Waals surface area contributed by atoms with Gasteiger partial charge in [0.05, 0.1) is 26.2 Å². The lowest BCUT2D eigenvalue weighted by molar-refractivity contribution is -0.385. The maximum absolute atomic E-state index is 12.6. The Morgan fingerprint density at radius 3 is 2.67 bits per heavy atom. The van der Waals surface area contributed by atoms with E-state index < -0.39 is 26.7 Å². The van der Waals surface area contributed by atoms with E-state index in [9.17, 15) is 23.3 Å². The lowest BCUT2D eigenvalue weighted by Gasteiger charge is -2.23. The fraction of sp³-hybridized carbons (Fsp3) is 0.188. The van der Waals surface area contributed by atoms with Crippen LogP contribution in [-0.2, 0) is 14.8 Å². The van der Waals surface area contributed by atoms with Gasteiger partial charge in [0, 0.05) is 11.6 Å². The highest BCUT2D eigenvalue weighted by atomic mass is 35.5.